The average molecular weight is 518 g/mol. The molecule has 2 amide bonds. The van der Waals surface area contributed by atoms with Crippen molar-refractivity contribution >= 4 is 40.0 Å². The lowest BCUT2D eigenvalue weighted by atomic mass is 9.77. The summed E-state index contributed by atoms with van der Waals surface area (Å²) in [4.78, 5) is 26.3. The highest BCUT2D eigenvalue weighted by molar-refractivity contribution is 7.15. The third-order valence-electron chi connectivity index (χ3n) is 6.65. The highest BCUT2D eigenvalue weighted by atomic mass is 35.5. The molecule has 6 rings (SSSR count). The third-order valence-corrected chi connectivity index (χ3v) is 8.15. The molecule has 0 aliphatic heterocycles. The fraction of sp³-hybridized carbons (Fsp3) is 0.231. The first-order valence-electron chi connectivity index (χ1n) is 11.7. The molecule has 182 valence electrons. The Bertz CT molecular complexity index is 1550. The van der Waals surface area contributed by atoms with E-state index in [1.807, 2.05) is 62.0 Å². The number of fused-ring (bicyclic) bond motifs is 1. The van der Waals surface area contributed by atoms with Gasteiger partial charge in [0.1, 0.15) is 10.7 Å². The molecule has 10 heteroatoms. The maximum absolute atomic E-state index is 12.8. The molecular weight excluding hydrogens is 494 g/mol. The Hall–Kier alpha value is -3.69. The maximum Gasteiger partial charge on any atom is 0.315 e. The second kappa shape index (κ2) is 9.07. The number of nitrogens with one attached hydrogen (secondary N) is 3. The number of urea groups is 1. The van der Waals surface area contributed by atoms with Gasteiger partial charge >= 0.3 is 6.03 Å². The SMILES string of the molecule is Cn1cc(-c2cc3c(-c4cnc(C5(NC(=O)NCc6ccccc6)CCC5)s4)c(Cl)cnc3[nH]2)cn1. The van der Waals surface area contributed by atoms with Gasteiger partial charge in [0.25, 0.3) is 0 Å². The van der Waals surface area contributed by atoms with Crippen molar-refractivity contribution in [2.75, 3.05) is 0 Å². The molecule has 4 heterocycles. The quantitative estimate of drug-likeness (QED) is 0.272. The molecule has 8 nitrogen and oxygen atoms in total. The predicted molar refractivity (Wildman–Crippen MR) is 142 cm³/mol. The number of aromatic nitrogens is 5. The van der Waals surface area contributed by atoms with Crippen LogP contribution in [0.3, 0.4) is 0 Å². The second-order valence-electron chi connectivity index (χ2n) is 9.09. The molecule has 3 N–H and O–H groups in total. The molecule has 0 spiro atoms. The summed E-state index contributed by atoms with van der Waals surface area (Å²) >= 11 is 8.23. The van der Waals surface area contributed by atoms with E-state index in [0.29, 0.717) is 11.6 Å². The maximum atomic E-state index is 12.8. The molecule has 1 aromatic carbocycles. The Morgan fingerprint density at radius 3 is 2.75 bits per heavy atom. The topological polar surface area (TPSA) is 101 Å². The van der Waals surface area contributed by atoms with E-state index in [-0.39, 0.29) is 6.03 Å². The number of carbonyl (C=O) groups excluding carboxylic acids is 1. The number of benzene rings is 1. The van der Waals surface area contributed by atoms with Gasteiger partial charge in [-0.2, -0.15) is 5.10 Å². The second-order valence-corrected chi connectivity index (χ2v) is 10.5. The van der Waals surface area contributed by atoms with Crippen molar-refractivity contribution in [1.82, 2.24) is 35.4 Å². The number of thiazole rings is 1. The summed E-state index contributed by atoms with van der Waals surface area (Å²) in [5, 5.41) is 12.8. The van der Waals surface area contributed by atoms with Crippen molar-refractivity contribution in [2.45, 2.75) is 31.3 Å². The number of hydrogen-bond donors (Lipinski definition) is 3. The normalized spacial score (nSPS) is 14.5. The van der Waals surface area contributed by atoms with Crippen LogP contribution in [0.1, 0.15) is 29.8 Å². The van der Waals surface area contributed by atoms with Gasteiger partial charge in [-0.05, 0) is 30.9 Å². The van der Waals surface area contributed by atoms with Gasteiger partial charge in [0.15, 0.2) is 0 Å². The fourth-order valence-electron chi connectivity index (χ4n) is 4.59. The highest BCUT2D eigenvalue weighted by Gasteiger charge is 2.43. The zero-order chi connectivity index (χ0) is 24.7. The van der Waals surface area contributed by atoms with E-state index in [0.717, 1.165) is 62.6 Å². The number of rotatable bonds is 6. The first-order valence-corrected chi connectivity index (χ1v) is 12.9. The Morgan fingerprint density at radius 2 is 2.03 bits per heavy atom. The summed E-state index contributed by atoms with van der Waals surface area (Å²) < 4.78 is 1.76. The van der Waals surface area contributed by atoms with Crippen molar-refractivity contribution in [3.8, 4) is 21.7 Å². The Kier molecular flexibility index (Phi) is 5.73. The number of aromatic amines is 1. The molecule has 4 aromatic heterocycles. The summed E-state index contributed by atoms with van der Waals surface area (Å²) in [7, 11) is 1.89. The third kappa shape index (κ3) is 4.14. The van der Waals surface area contributed by atoms with Gasteiger partial charge in [-0.15, -0.1) is 11.3 Å². The van der Waals surface area contributed by atoms with Crippen LogP contribution in [0.2, 0.25) is 5.02 Å². The molecule has 1 aliphatic rings. The molecule has 36 heavy (non-hydrogen) atoms. The smallest absolute Gasteiger partial charge is 0.315 e. The summed E-state index contributed by atoms with van der Waals surface area (Å²) in [6.07, 6.45) is 10.0. The van der Waals surface area contributed by atoms with Crippen molar-refractivity contribution in [1.29, 1.82) is 0 Å². The number of halogens is 1. The Balaban J connectivity index is 1.27. The molecular formula is C26H24ClN7OS. The van der Waals surface area contributed by atoms with E-state index in [1.54, 1.807) is 22.2 Å². The first-order chi connectivity index (χ1) is 17.5. The summed E-state index contributed by atoms with van der Waals surface area (Å²) in [6.45, 7) is 0.475. The number of pyridine rings is 1. The number of amides is 2. The average Bonchev–Trinajstić information content (AvgIpc) is 3.60. The van der Waals surface area contributed by atoms with Crippen molar-refractivity contribution in [3.05, 3.63) is 76.8 Å². The van der Waals surface area contributed by atoms with Crippen LogP contribution in [0.5, 0.6) is 0 Å². The van der Waals surface area contributed by atoms with Crippen LogP contribution in [0.25, 0.3) is 32.7 Å². The van der Waals surface area contributed by atoms with Crippen molar-refractivity contribution in [3.63, 3.8) is 0 Å². The van der Waals surface area contributed by atoms with Gasteiger partial charge in [0, 0.05) is 48.7 Å². The van der Waals surface area contributed by atoms with Gasteiger partial charge in [0.05, 0.1) is 27.3 Å². The van der Waals surface area contributed by atoms with Crippen molar-refractivity contribution in [2.24, 2.45) is 7.05 Å². The minimum Gasteiger partial charge on any atom is -0.339 e. The van der Waals surface area contributed by atoms with Crippen molar-refractivity contribution < 1.29 is 4.79 Å². The zero-order valence-electron chi connectivity index (χ0n) is 19.6. The minimum atomic E-state index is -0.457. The lowest BCUT2D eigenvalue weighted by Gasteiger charge is -2.40. The van der Waals surface area contributed by atoms with E-state index >= 15 is 0 Å². The number of carbonyl (C=O) groups is 1. The standard InChI is InChI=1S/C26H24ClN7OS/c1-34-15-17(12-31-34)20-10-18-22(19(27)13-28-23(18)32-20)21-14-29-24(36-21)26(8-5-9-26)33-25(35)30-11-16-6-3-2-4-7-16/h2-4,6-7,10,12-15H,5,8-9,11H2,1H3,(H,28,32)(H2,30,33,35). The van der Waals surface area contributed by atoms with Gasteiger partial charge in [-0.3, -0.25) is 4.68 Å². The molecule has 0 radical (unpaired) electrons. The van der Waals surface area contributed by atoms with E-state index in [1.165, 1.54) is 0 Å². The number of hydrogen-bond acceptors (Lipinski definition) is 5. The fourth-order valence-corrected chi connectivity index (χ4v) is 6.09. The summed E-state index contributed by atoms with van der Waals surface area (Å²) in [5.41, 5.74) is 4.13. The molecule has 0 atom stereocenters. The predicted octanol–water partition coefficient (Wildman–Crippen LogP) is 5.62. The van der Waals surface area contributed by atoms with Crippen LogP contribution < -0.4 is 10.6 Å². The number of H-pyrrole nitrogens is 1. The minimum absolute atomic E-state index is 0.189. The highest BCUT2D eigenvalue weighted by Crippen LogP contribution is 2.46. The van der Waals surface area contributed by atoms with Crippen LogP contribution in [-0.2, 0) is 19.1 Å². The molecule has 0 unspecified atom stereocenters. The summed E-state index contributed by atoms with van der Waals surface area (Å²) in [6, 6.07) is 11.7. The van der Waals surface area contributed by atoms with Crippen LogP contribution in [0.4, 0.5) is 4.79 Å². The van der Waals surface area contributed by atoms with Gasteiger partial charge < -0.3 is 15.6 Å². The number of nitrogens with zero attached hydrogens (tertiary/aromatic N) is 4. The molecule has 1 fully saturated rings. The van der Waals surface area contributed by atoms with E-state index in [9.17, 15) is 4.79 Å². The summed E-state index contributed by atoms with van der Waals surface area (Å²) in [5.74, 6) is 0. The lowest BCUT2D eigenvalue weighted by Crippen LogP contribution is -2.53. The monoisotopic (exact) mass is 517 g/mol. The first kappa shape index (κ1) is 22.8. The Morgan fingerprint density at radius 1 is 1.19 bits per heavy atom. The van der Waals surface area contributed by atoms with E-state index in [2.05, 4.69) is 25.7 Å². The zero-order valence-corrected chi connectivity index (χ0v) is 21.2. The molecule has 1 saturated carbocycles. The largest absolute Gasteiger partial charge is 0.339 e. The lowest BCUT2D eigenvalue weighted by molar-refractivity contribution is 0.176. The molecule has 0 bridgehead atoms. The van der Waals surface area contributed by atoms with E-state index < -0.39 is 5.54 Å². The van der Waals surface area contributed by atoms with Crippen LogP contribution >= 0.6 is 22.9 Å². The molecule has 5 aromatic rings. The van der Waals surface area contributed by atoms with Gasteiger partial charge in [-0.1, -0.05) is 41.9 Å². The van der Waals surface area contributed by atoms with Crippen LogP contribution in [-0.4, -0.2) is 30.8 Å². The van der Waals surface area contributed by atoms with Gasteiger partial charge in [-0.25, -0.2) is 14.8 Å². The van der Waals surface area contributed by atoms with Crippen LogP contribution in [0, 0.1) is 0 Å². The molecule has 1 aliphatic carbocycles. The molecule has 0 saturated heterocycles. The van der Waals surface area contributed by atoms with Gasteiger partial charge in [0.2, 0.25) is 0 Å². The van der Waals surface area contributed by atoms with E-state index in [4.69, 9.17) is 16.6 Å². The Labute approximate surface area is 216 Å². The number of aryl methyl sites for hydroxylation is 1. The van der Waals surface area contributed by atoms with Crippen LogP contribution in [0.15, 0.2) is 61.2 Å².